The smallest absolute Gasteiger partial charge is 0.340 e. The number of hydrogen-bond donors (Lipinski definition) is 1. The standard InChI is InChI=1S/C18H16N2O4/c1-11-17(13-5-3-4-6-14(13)20-11)15(21)10-24-18(22)12-7-8-16(23-2)19-9-12/h3-9,20H,10H2,1-2H3. The van der Waals surface area contributed by atoms with Gasteiger partial charge in [0.05, 0.1) is 12.7 Å². The number of aryl methyl sites for hydroxylation is 1. The van der Waals surface area contributed by atoms with Gasteiger partial charge in [-0.1, -0.05) is 18.2 Å². The minimum atomic E-state index is -0.601. The normalized spacial score (nSPS) is 10.6. The van der Waals surface area contributed by atoms with Gasteiger partial charge in [-0.3, -0.25) is 4.79 Å². The molecule has 0 saturated carbocycles. The third-order valence-electron chi connectivity index (χ3n) is 3.69. The van der Waals surface area contributed by atoms with Gasteiger partial charge in [-0.25, -0.2) is 9.78 Å². The van der Waals surface area contributed by atoms with Crippen molar-refractivity contribution in [1.82, 2.24) is 9.97 Å². The van der Waals surface area contributed by atoms with Crippen LogP contribution in [0.5, 0.6) is 5.88 Å². The number of aromatic amines is 1. The minimum Gasteiger partial charge on any atom is -0.481 e. The summed E-state index contributed by atoms with van der Waals surface area (Å²) in [7, 11) is 1.49. The quantitative estimate of drug-likeness (QED) is 0.576. The van der Waals surface area contributed by atoms with Crippen LogP contribution in [0.2, 0.25) is 0 Å². The van der Waals surface area contributed by atoms with Gasteiger partial charge < -0.3 is 14.5 Å². The van der Waals surface area contributed by atoms with Crippen LogP contribution in [0.1, 0.15) is 26.4 Å². The fourth-order valence-corrected chi connectivity index (χ4v) is 2.54. The summed E-state index contributed by atoms with van der Waals surface area (Å²) in [5, 5.41) is 0.821. The Bertz CT molecular complexity index is 897. The van der Waals surface area contributed by atoms with E-state index in [0.29, 0.717) is 11.4 Å². The number of ether oxygens (including phenoxy) is 2. The largest absolute Gasteiger partial charge is 0.481 e. The molecule has 0 fully saturated rings. The van der Waals surface area contributed by atoms with Crippen molar-refractivity contribution in [2.24, 2.45) is 0 Å². The van der Waals surface area contributed by atoms with Gasteiger partial charge in [0, 0.05) is 34.4 Å². The average Bonchev–Trinajstić information content (AvgIpc) is 2.95. The number of carbonyl (C=O) groups excluding carboxylic acids is 2. The molecule has 3 aromatic rings. The average molecular weight is 324 g/mol. The van der Waals surface area contributed by atoms with Crippen LogP contribution in [0.25, 0.3) is 10.9 Å². The maximum atomic E-state index is 12.4. The van der Waals surface area contributed by atoms with Gasteiger partial charge in [-0.2, -0.15) is 0 Å². The number of esters is 1. The molecule has 2 aromatic heterocycles. The molecule has 0 unspecified atom stereocenters. The van der Waals surface area contributed by atoms with Gasteiger partial charge in [0.15, 0.2) is 6.61 Å². The van der Waals surface area contributed by atoms with E-state index in [2.05, 4.69) is 9.97 Å². The number of carbonyl (C=O) groups is 2. The van der Waals surface area contributed by atoms with E-state index in [1.807, 2.05) is 31.2 Å². The molecular formula is C18H16N2O4. The lowest BCUT2D eigenvalue weighted by Crippen LogP contribution is -2.15. The zero-order valence-corrected chi connectivity index (χ0v) is 13.3. The van der Waals surface area contributed by atoms with Crippen LogP contribution in [-0.2, 0) is 4.74 Å². The first-order valence-corrected chi connectivity index (χ1v) is 7.38. The summed E-state index contributed by atoms with van der Waals surface area (Å²) in [6, 6.07) is 10.6. The molecule has 0 radical (unpaired) electrons. The molecule has 0 spiro atoms. The van der Waals surface area contributed by atoms with Crippen LogP contribution in [0, 0.1) is 6.92 Å². The van der Waals surface area contributed by atoms with E-state index in [9.17, 15) is 9.59 Å². The molecule has 1 aromatic carbocycles. The van der Waals surface area contributed by atoms with Crippen molar-refractivity contribution in [1.29, 1.82) is 0 Å². The highest BCUT2D eigenvalue weighted by Gasteiger charge is 2.18. The van der Waals surface area contributed by atoms with Gasteiger partial charge in [0.1, 0.15) is 0 Å². The van der Waals surface area contributed by atoms with E-state index in [0.717, 1.165) is 16.6 Å². The number of rotatable bonds is 5. The van der Waals surface area contributed by atoms with Gasteiger partial charge in [0.2, 0.25) is 11.7 Å². The number of methoxy groups -OCH3 is 1. The number of H-pyrrole nitrogens is 1. The Morgan fingerprint density at radius 3 is 2.67 bits per heavy atom. The molecule has 3 rings (SSSR count). The van der Waals surface area contributed by atoms with Crippen molar-refractivity contribution in [3.8, 4) is 5.88 Å². The highest BCUT2D eigenvalue weighted by molar-refractivity contribution is 6.10. The Balaban J connectivity index is 1.72. The summed E-state index contributed by atoms with van der Waals surface area (Å²) in [5.74, 6) is -0.451. The Hall–Kier alpha value is -3.15. The first-order chi connectivity index (χ1) is 11.6. The first kappa shape index (κ1) is 15.7. The molecule has 0 aliphatic heterocycles. The molecule has 0 aliphatic rings. The zero-order chi connectivity index (χ0) is 17.1. The van der Waals surface area contributed by atoms with E-state index in [1.165, 1.54) is 19.4 Å². The lowest BCUT2D eigenvalue weighted by molar-refractivity contribution is 0.0474. The van der Waals surface area contributed by atoms with Crippen LogP contribution in [0.3, 0.4) is 0 Å². The number of pyridine rings is 1. The van der Waals surface area contributed by atoms with E-state index in [1.54, 1.807) is 6.07 Å². The number of aromatic nitrogens is 2. The van der Waals surface area contributed by atoms with Crippen molar-refractivity contribution < 1.29 is 19.1 Å². The van der Waals surface area contributed by atoms with Crippen molar-refractivity contribution in [2.45, 2.75) is 6.92 Å². The van der Waals surface area contributed by atoms with Gasteiger partial charge in [0.25, 0.3) is 0 Å². The van der Waals surface area contributed by atoms with E-state index >= 15 is 0 Å². The summed E-state index contributed by atoms with van der Waals surface area (Å²) >= 11 is 0. The lowest BCUT2D eigenvalue weighted by atomic mass is 10.1. The maximum Gasteiger partial charge on any atom is 0.340 e. The second kappa shape index (κ2) is 6.54. The monoisotopic (exact) mass is 324 g/mol. The molecule has 0 atom stereocenters. The fraction of sp³-hybridized carbons (Fsp3) is 0.167. The third kappa shape index (κ3) is 2.99. The Labute approximate surface area is 138 Å². The highest BCUT2D eigenvalue weighted by atomic mass is 16.5. The lowest BCUT2D eigenvalue weighted by Gasteiger charge is -2.05. The molecule has 0 bridgehead atoms. The summed E-state index contributed by atoms with van der Waals surface area (Å²) < 4.78 is 10.0. The number of benzene rings is 1. The number of ketones is 1. The molecular weight excluding hydrogens is 308 g/mol. The number of nitrogens with one attached hydrogen (secondary N) is 1. The number of Topliss-reactive ketones (excluding diaryl/α,β-unsaturated/α-hetero) is 1. The molecule has 122 valence electrons. The molecule has 24 heavy (non-hydrogen) atoms. The van der Waals surface area contributed by atoms with Crippen molar-refractivity contribution in [3.63, 3.8) is 0 Å². The molecule has 1 N–H and O–H groups in total. The fourth-order valence-electron chi connectivity index (χ4n) is 2.54. The van der Waals surface area contributed by atoms with Crippen LogP contribution < -0.4 is 4.74 Å². The third-order valence-corrected chi connectivity index (χ3v) is 3.69. The van der Waals surface area contributed by atoms with Crippen LogP contribution in [0.4, 0.5) is 0 Å². The second-order valence-electron chi connectivity index (χ2n) is 5.26. The first-order valence-electron chi connectivity index (χ1n) is 7.38. The maximum absolute atomic E-state index is 12.4. The minimum absolute atomic E-state index is 0.250. The van der Waals surface area contributed by atoms with Gasteiger partial charge >= 0.3 is 5.97 Å². The molecule has 0 amide bonds. The van der Waals surface area contributed by atoms with Crippen LogP contribution >= 0.6 is 0 Å². The Morgan fingerprint density at radius 2 is 1.96 bits per heavy atom. The Morgan fingerprint density at radius 1 is 1.17 bits per heavy atom. The van der Waals surface area contributed by atoms with Crippen LogP contribution in [-0.4, -0.2) is 35.4 Å². The molecule has 6 nitrogen and oxygen atoms in total. The molecule has 0 aliphatic carbocycles. The molecule has 2 heterocycles. The number of para-hydroxylation sites is 1. The zero-order valence-electron chi connectivity index (χ0n) is 13.3. The van der Waals surface area contributed by atoms with E-state index in [4.69, 9.17) is 9.47 Å². The molecule has 0 saturated heterocycles. The number of nitrogens with zero attached hydrogens (tertiary/aromatic N) is 1. The predicted octanol–water partition coefficient (Wildman–Crippen LogP) is 2.92. The van der Waals surface area contributed by atoms with Crippen molar-refractivity contribution in [2.75, 3.05) is 13.7 Å². The second-order valence-corrected chi connectivity index (χ2v) is 5.26. The summed E-state index contributed by atoms with van der Waals surface area (Å²) in [6.07, 6.45) is 1.35. The predicted molar refractivity (Wildman–Crippen MR) is 88.4 cm³/mol. The summed E-state index contributed by atoms with van der Waals surface area (Å²) in [6.45, 7) is 1.50. The van der Waals surface area contributed by atoms with Crippen molar-refractivity contribution >= 4 is 22.7 Å². The van der Waals surface area contributed by atoms with E-state index < -0.39 is 5.97 Å². The topological polar surface area (TPSA) is 81.3 Å². The van der Waals surface area contributed by atoms with Gasteiger partial charge in [-0.05, 0) is 19.1 Å². The number of fused-ring (bicyclic) bond motifs is 1. The molecule has 6 heteroatoms. The Kier molecular flexibility index (Phi) is 4.29. The summed E-state index contributed by atoms with van der Waals surface area (Å²) in [4.78, 5) is 31.5. The number of hydrogen-bond acceptors (Lipinski definition) is 5. The van der Waals surface area contributed by atoms with Gasteiger partial charge in [-0.15, -0.1) is 0 Å². The van der Waals surface area contributed by atoms with Crippen LogP contribution in [0.15, 0.2) is 42.6 Å². The summed E-state index contributed by atoms with van der Waals surface area (Å²) in [5.41, 5.74) is 2.44. The highest BCUT2D eigenvalue weighted by Crippen LogP contribution is 2.22. The van der Waals surface area contributed by atoms with E-state index in [-0.39, 0.29) is 18.0 Å². The SMILES string of the molecule is COc1ccc(C(=O)OCC(=O)c2c(C)[nH]c3ccccc23)cn1. The van der Waals surface area contributed by atoms with Crippen molar-refractivity contribution in [3.05, 3.63) is 59.4 Å².